The second kappa shape index (κ2) is 7.51. The van der Waals surface area contributed by atoms with E-state index in [1.807, 2.05) is 6.07 Å². The number of aromatic hydroxyl groups is 1. The van der Waals surface area contributed by atoms with Crippen LogP contribution >= 0.6 is 0 Å². The summed E-state index contributed by atoms with van der Waals surface area (Å²) >= 11 is 0. The van der Waals surface area contributed by atoms with Gasteiger partial charge in [0.15, 0.2) is 5.82 Å². The minimum absolute atomic E-state index is 0.275. The third-order valence-corrected chi connectivity index (χ3v) is 3.29. The van der Waals surface area contributed by atoms with Gasteiger partial charge in [-0.3, -0.25) is 5.43 Å². The lowest BCUT2D eigenvalue weighted by molar-refractivity contribution is 0.429. The summed E-state index contributed by atoms with van der Waals surface area (Å²) in [6.07, 6.45) is 3.44. The normalized spacial score (nSPS) is 10.5. The zero-order chi connectivity index (χ0) is 15.9. The Kier molecular flexibility index (Phi) is 5.43. The molecule has 1 heterocycles. The van der Waals surface area contributed by atoms with E-state index in [1.54, 1.807) is 6.08 Å². The molecule has 22 heavy (non-hydrogen) atoms. The van der Waals surface area contributed by atoms with E-state index in [4.69, 9.17) is 0 Å². The molecule has 1 aromatic carbocycles. The van der Waals surface area contributed by atoms with E-state index in [0.717, 1.165) is 29.5 Å². The Labute approximate surface area is 130 Å². The number of anilines is 1. The van der Waals surface area contributed by atoms with Crippen LogP contribution in [-0.2, 0) is 12.8 Å². The molecule has 0 unspecified atom stereocenters. The summed E-state index contributed by atoms with van der Waals surface area (Å²) in [6, 6.07) is 5.84. The van der Waals surface area contributed by atoms with Crippen LogP contribution in [0, 0.1) is 0 Å². The summed E-state index contributed by atoms with van der Waals surface area (Å²) in [7, 11) is 0. The van der Waals surface area contributed by atoms with Crippen molar-refractivity contribution in [3.8, 4) is 17.4 Å². The van der Waals surface area contributed by atoms with Gasteiger partial charge in [0.2, 0.25) is 5.95 Å². The van der Waals surface area contributed by atoms with E-state index < -0.39 is 0 Å². The second-order valence-electron chi connectivity index (χ2n) is 4.74. The first-order chi connectivity index (χ1) is 10.7. The van der Waals surface area contributed by atoms with Gasteiger partial charge in [-0.1, -0.05) is 38.1 Å². The maximum Gasteiger partial charge on any atom is 0.319 e. The van der Waals surface area contributed by atoms with E-state index in [9.17, 15) is 5.11 Å². The molecule has 0 amide bonds. The highest BCUT2D eigenvalue weighted by Gasteiger charge is 2.14. The minimum Gasteiger partial charge on any atom is -0.479 e. The summed E-state index contributed by atoms with van der Waals surface area (Å²) in [5.41, 5.74) is 8.98. The monoisotopic (exact) mass is 299 g/mol. The first-order valence-corrected chi connectivity index (χ1v) is 7.35. The quantitative estimate of drug-likeness (QED) is 0.414. The van der Waals surface area contributed by atoms with Gasteiger partial charge in [-0.15, -0.1) is 6.58 Å². The fraction of sp³-hybridized carbons (Fsp3) is 0.312. The molecule has 0 fully saturated rings. The van der Waals surface area contributed by atoms with Crippen LogP contribution in [0.5, 0.6) is 6.01 Å². The molecular formula is C16H21N5O. The SMILES string of the molecule is C=CCNNc1nc(O)nc(-c2c(CC)cccc2CC)n1. The molecule has 3 N–H and O–H groups in total. The lowest BCUT2D eigenvalue weighted by Crippen LogP contribution is -2.23. The predicted molar refractivity (Wildman–Crippen MR) is 87.5 cm³/mol. The van der Waals surface area contributed by atoms with E-state index in [1.165, 1.54) is 0 Å². The van der Waals surface area contributed by atoms with Gasteiger partial charge in [0.1, 0.15) is 0 Å². The number of nitrogens with one attached hydrogen (secondary N) is 2. The summed E-state index contributed by atoms with van der Waals surface area (Å²) in [6.45, 7) is 8.34. The lowest BCUT2D eigenvalue weighted by Gasteiger charge is -2.13. The topological polar surface area (TPSA) is 83.0 Å². The molecule has 2 rings (SSSR count). The van der Waals surface area contributed by atoms with Crippen molar-refractivity contribution in [2.45, 2.75) is 26.7 Å². The smallest absolute Gasteiger partial charge is 0.319 e. The van der Waals surface area contributed by atoms with E-state index in [0.29, 0.717) is 12.4 Å². The zero-order valence-corrected chi connectivity index (χ0v) is 12.9. The van der Waals surface area contributed by atoms with Crippen LogP contribution in [0.4, 0.5) is 5.95 Å². The molecule has 0 aliphatic carbocycles. The van der Waals surface area contributed by atoms with Crippen LogP contribution in [0.2, 0.25) is 0 Å². The molecule has 0 saturated carbocycles. The highest BCUT2D eigenvalue weighted by molar-refractivity contribution is 5.66. The molecule has 1 aromatic heterocycles. The molecule has 6 nitrogen and oxygen atoms in total. The number of aromatic nitrogens is 3. The number of benzene rings is 1. The Bertz CT molecular complexity index is 635. The molecule has 0 spiro atoms. The Morgan fingerprint density at radius 3 is 2.41 bits per heavy atom. The number of hydrogen-bond acceptors (Lipinski definition) is 6. The largest absolute Gasteiger partial charge is 0.479 e. The van der Waals surface area contributed by atoms with E-state index in [2.05, 4.69) is 58.4 Å². The summed E-state index contributed by atoms with van der Waals surface area (Å²) < 4.78 is 0. The Balaban J connectivity index is 2.46. The van der Waals surface area contributed by atoms with Gasteiger partial charge in [0.25, 0.3) is 0 Å². The summed E-state index contributed by atoms with van der Waals surface area (Å²) in [5, 5.41) is 9.79. The van der Waals surface area contributed by atoms with Crippen LogP contribution in [0.3, 0.4) is 0 Å². The van der Waals surface area contributed by atoms with Crippen LogP contribution in [0.1, 0.15) is 25.0 Å². The van der Waals surface area contributed by atoms with Crippen LogP contribution < -0.4 is 10.9 Å². The van der Waals surface area contributed by atoms with Crippen molar-refractivity contribution < 1.29 is 5.11 Å². The molecule has 6 heteroatoms. The molecule has 0 atom stereocenters. The molecule has 2 aromatic rings. The van der Waals surface area contributed by atoms with Crippen molar-refractivity contribution in [3.05, 3.63) is 42.0 Å². The van der Waals surface area contributed by atoms with Crippen molar-refractivity contribution in [2.75, 3.05) is 12.0 Å². The van der Waals surface area contributed by atoms with E-state index in [-0.39, 0.29) is 12.0 Å². The second-order valence-corrected chi connectivity index (χ2v) is 4.74. The fourth-order valence-electron chi connectivity index (χ4n) is 2.26. The summed E-state index contributed by atoms with van der Waals surface area (Å²) in [4.78, 5) is 12.4. The standard InChI is InChI=1S/C16H21N5O/c1-4-10-17-21-15-18-14(19-16(22)20-15)13-11(5-2)8-7-9-12(13)6-3/h4,7-9,17H,1,5-6,10H2,2-3H3,(H2,18,19,20,21,22). The van der Waals surface area contributed by atoms with Gasteiger partial charge in [-0.2, -0.15) is 15.0 Å². The average Bonchev–Trinajstić information content (AvgIpc) is 2.53. The van der Waals surface area contributed by atoms with Crippen molar-refractivity contribution in [1.29, 1.82) is 0 Å². The van der Waals surface area contributed by atoms with Gasteiger partial charge in [-0.05, 0) is 24.0 Å². The third-order valence-electron chi connectivity index (χ3n) is 3.29. The van der Waals surface area contributed by atoms with E-state index >= 15 is 0 Å². The molecule has 0 aliphatic heterocycles. The maximum absolute atomic E-state index is 9.79. The number of nitrogens with zero attached hydrogens (tertiary/aromatic N) is 3. The lowest BCUT2D eigenvalue weighted by atomic mass is 9.97. The molecule has 0 bridgehead atoms. The Morgan fingerprint density at radius 2 is 1.82 bits per heavy atom. The molecule has 0 saturated heterocycles. The van der Waals surface area contributed by atoms with Gasteiger partial charge >= 0.3 is 6.01 Å². The number of aryl methyl sites for hydroxylation is 2. The number of hydrogen-bond donors (Lipinski definition) is 3. The number of rotatable bonds is 7. The van der Waals surface area contributed by atoms with Crippen molar-refractivity contribution in [2.24, 2.45) is 0 Å². The minimum atomic E-state index is -0.305. The third kappa shape index (κ3) is 3.59. The van der Waals surface area contributed by atoms with Crippen LogP contribution in [0.25, 0.3) is 11.4 Å². The van der Waals surface area contributed by atoms with Gasteiger partial charge < -0.3 is 5.11 Å². The highest BCUT2D eigenvalue weighted by Crippen LogP contribution is 2.27. The molecular weight excluding hydrogens is 278 g/mol. The van der Waals surface area contributed by atoms with Gasteiger partial charge in [0, 0.05) is 12.1 Å². The van der Waals surface area contributed by atoms with Crippen LogP contribution in [0.15, 0.2) is 30.9 Å². The first kappa shape index (κ1) is 15.9. The molecule has 116 valence electrons. The molecule has 0 radical (unpaired) electrons. The summed E-state index contributed by atoms with van der Waals surface area (Å²) in [5.74, 6) is 0.752. The first-order valence-electron chi connectivity index (χ1n) is 7.35. The number of hydrazine groups is 1. The maximum atomic E-state index is 9.79. The highest BCUT2D eigenvalue weighted by atomic mass is 16.3. The van der Waals surface area contributed by atoms with Crippen molar-refractivity contribution in [1.82, 2.24) is 20.4 Å². The van der Waals surface area contributed by atoms with Gasteiger partial charge in [0.05, 0.1) is 0 Å². The van der Waals surface area contributed by atoms with Crippen molar-refractivity contribution >= 4 is 5.95 Å². The molecule has 0 aliphatic rings. The Hall–Kier alpha value is -2.47. The predicted octanol–water partition coefficient (Wildman–Crippen LogP) is 2.47. The van der Waals surface area contributed by atoms with Gasteiger partial charge in [-0.25, -0.2) is 5.43 Å². The van der Waals surface area contributed by atoms with Crippen molar-refractivity contribution in [3.63, 3.8) is 0 Å². The zero-order valence-electron chi connectivity index (χ0n) is 12.9. The average molecular weight is 299 g/mol. The van der Waals surface area contributed by atoms with Crippen LogP contribution in [-0.4, -0.2) is 26.6 Å². The Morgan fingerprint density at radius 1 is 1.14 bits per heavy atom. The fourth-order valence-corrected chi connectivity index (χ4v) is 2.26.